The summed E-state index contributed by atoms with van der Waals surface area (Å²) in [5.74, 6) is 0.654. The van der Waals surface area contributed by atoms with Crippen LogP contribution in [0.3, 0.4) is 0 Å². The molecule has 0 atom stereocenters. The van der Waals surface area contributed by atoms with Crippen LogP contribution in [0.5, 0.6) is 11.5 Å². The smallest absolute Gasteiger partial charge is 0.326 e. The van der Waals surface area contributed by atoms with E-state index in [-0.39, 0.29) is 12.3 Å². The summed E-state index contributed by atoms with van der Waals surface area (Å²) in [4.78, 5) is 23.2. The number of carbonyl (C=O) groups excluding carboxylic acids is 2. The lowest BCUT2D eigenvalue weighted by Crippen LogP contribution is -2.22. The third-order valence-corrected chi connectivity index (χ3v) is 4.55. The molecule has 1 fully saturated rings. The summed E-state index contributed by atoms with van der Waals surface area (Å²) >= 11 is 6.23. The average molecular weight is 413 g/mol. The van der Waals surface area contributed by atoms with Gasteiger partial charge in [0.15, 0.2) is 11.5 Å². The summed E-state index contributed by atoms with van der Waals surface area (Å²) in [5, 5.41) is 5.28. The van der Waals surface area contributed by atoms with Gasteiger partial charge in [0, 0.05) is 16.1 Å². The molecule has 0 bridgehead atoms. The number of nitrogens with one attached hydrogen (secondary N) is 2. The van der Waals surface area contributed by atoms with Crippen LogP contribution in [-0.2, 0) is 17.8 Å². The lowest BCUT2D eigenvalue weighted by Gasteiger charge is -2.17. The lowest BCUT2D eigenvalue weighted by atomic mass is 10.0. The predicted molar refractivity (Wildman–Crippen MR) is 112 cm³/mol. The van der Waals surface area contributed by atoms with E-state index in [2.05, 4.69) is 17.2 Å². The summed E-state index contributed by atoms with van der Waals surface area (Å²) in [6.45, 7) is 6.40. The van der Waals surface area contributed by atoms with Gasteiger partial charge in [0.25, 0.3) is 5.91 Å². The fourth-order valence-electron chi connectivity index (χ4n) is 2.92. The van der Waals surface area contributed by atoms with Gasteiger partial charge in [-0.3, -0.25) is 10.1 Å². The van der Waals surface area contributed by atoms with Crippen molar-refractivity contribution in [3.63, 3.8) is 0 Å². The molecule has 29 heavy (non-hydrogen) atoms. The van der Waals surface area contributed by atoms with Gasteiger partial charge in [-0.05, 0) is 43.2 Å². The van der Waals surface area contributed by atoms with Gasteiger partial charge in [-0.2, -0.15) is 0 Å². The van der Waals surface area contributed by atoms with Gasteiger partial charge in [-0.15, -0.1) is 6.58 Å². The van der Waals surface area contributed by atoms with Gasteiger partial charge in [-0.1, -0.05) is 35.9 Å². The number of benzene rings is 2. The van der Waals surface area contributed by atoms with Crippen molar-refractivity contribution < 1.29 is 19.1 Å². The van der Waals surface area contributed by atoms with Gasteiger partial charge >= 0.3 is 6.03 Å². The maximum atomic E-state index is 11.8. The number of rotatable bonds is 8. The molecule has 0 spiro atoms. The van der Waals surface area contributed by atoms with Crippen molar-refractivity contribution in [1.82, 2.24) is 10.6 Å². The van der Waals surface area contributed by atoms with Gasteiger partial charge in [0.05, 0.1) is 6.61 Å². The molecule has 0 aromatic heterocycles. The van der Waals surface area contributed by atoms with Crippen LogP contribution in [0.25, 0.3) is 6.08 Å². The number of hydrogen-bond donors (Lipinski definition) is 2. The Labute approximate surface area is 174 Å². The molecular formula is C22H21ClN2O4. The van der Waals surface area contributed by atoms with E-state index in [0.717, 1.165) is 11.1 Å². The zero-order valence-corrected chi connectivity index (χ0v) is 16.7. The van der Waals surface area contributed by atoms with Crippen LogP contribution in [0.15, 0.2) is 54.8 Å². The molecule has 0 saturated carbocycles. The minimum absolute atomic E-state index is 0.173. The molecule has 1 heterocycles. The van der Waals surface area contributed by atoms with Gasteiger partial charge < -0.3 is 14.8 Å². The van der Waals surface area contributed by atoms with Crippen LogP contribution in [0, 0.1) is 0 Å². The molecule has 6 nitrogen and oxygen atoms in total. The fourth-order valence-corrected chi connectivity index (χ4v) is 3.11. The van der Waals surface area contributed by atoms with Crippen LogP contribution in [0.2, 0.25) is 5.02 Å². The molecular weight excluding hydrogens is 392 g/mol. The molecule has 2 aromatic carbocycles. The highest BCUT2D eigenvalue weighted by atomic mass is 35.5. The molecule has 2 aromatic rings. The maximum Gasteiger partial charge on any atom is 0.326 e. The highest BCUT2D eigenvalue weighted by molar-refractivity contribution is 6.31. The van der Waals surface area contributed by atoms with Crippen molar-refractivity contribution in [2.75, 3.05) is 6.61 Å². The van der Waals surface area contributed by atoms with Crippen molar-refractivity contribution in [2.45, 2.75) is 20.0 Å². The van der Waals surface area contributed by atoms with Crippen molar-refractivity contribution in [1.29, 1.82) is 0 Å². The third kappa shape index (κ3) is 4.97. The van der Waals surface area contributed by atoms with E-state index in [1.807, 2.05) is 37.3 Å². The molecule has 0 aliphatic carbocycles. The number of hydrogen-bond acceptors (Lipinski definition) is 4. The van der Waals surface area contributed by atoms with E-state index in [1.165, 1.54) is 0 Å². The van der Waals surface area contributed by atoms with E-state index >= 15 is 0 Å². The maximum absolute atomic E-state index is 11.8. The largest absolute Gasteiger partial charge is 0.490 e. The monoisotopic (exact) mass is 412 g/mol. The Morgan fingerprint density at radius 3 is 2.55 bits per heavy atom. The van der Waals surface area contributed by atoms with E-state index in [0.29, 0.717) is 35.1 Å². The summed E-state index contributed by atoms with van der Waals surface area (Å²) in [7, 11) is 0. The first kappa shape index (κ1) is 20.5. The van der Waals surface area contributed by atoms with Gasteiger partial charge in [-0.25, -0.2) is 4.79 Å². The van der Waals surface area contributed by atoms with E-state index in [9.17, 15) is 9.59 Å². The molecule has 2 N–H and O–H groups in total. The second kappa shape index (κ2) is 9.30. The quantitative estimate of drug-likeness (QED) is 0.386. The van der Waals surface area contributed by atoms with Crippen molar-refractivity contribution in [3.05, 3.63) is 76.5 Å². The molecule has 0 unspecified atom stereocenters. The van der Waals surface area contributed by atoms with Crippen LogP contribution in [-0.4, -0.2) is 18.5 Å². The Morgan fingerprint density at radius 2 is 1.90 bits per heavy atom. The first-order chi connectivity index (χ1) is 14.0. The minimum atomic E-state index is -0.544. The molecule has 1 aliphatic heterocycles. The molecule has 150 valence electrons. The van der Waals surface area contributed by atoms with Crippen molar-refractivity contribution >= 4 is 29.6 Å². The fraction of sp³-hybridized carbons (Fsp3) is 0.182. The average Bonchev–Trinajstić information content (AvgIpc) is 3.00. The van der Waals surface area contributed by atoms with Gasteiger partial charge in [0.2, 0.25) is 0 Å². The zero-order chi connectivity index (χ0) is 20.8. The van der Waals surface area contributed by atoms with Crippen LogP contribution in [0.1, 0.15) is 23.6 Å². The number of imide groups is 1. The molecule has 3 amide bonds. The second-order valence-electron chi connectivity index (χ2n) is 6.28. The minimum Gasteiger partial charge on any atom is -0.490 e. The predicted octanol–water partition coefficient (Wildman–Crippen LogP) is 4.23. The highest BCUT2D eigenvalue weighted by Gasteiger charge is 2.23. The molecule has 1 aliphatic rings. The van der Waals surface area contributed by atoms with Crippen LogP contribution >= 0.6 is 11.6 Å². The second-order valence-corrected chi connectivity index (χ2v) is 6.69. The lowest BCUT2D eigenvalue weighted by molar-refractivity contribution is -0.115. The number of urea groups is 1. The molecule has 1 saturated heterocycles. The van der Waals surface area contributed by atoms with E-state index in [1.54, 1.807) is 18.2 Å². The topological polar surface area (TPSA) is 76.7 Å². The Balaban J connectivity index is 1.97. The first-order valence-electron chi connectivity index (χ1n) is 9.12. The Hall–Kier alpha value is -3.25. The molecule has 7 heteroatoms. The SMILES string of the molecule is C=CCc1cc(/C=C2/NC(=O)NC2=O)cc(OCC)c1OCc1ccccc1Cl. The van der Waals surface area contributed by atoms with E-state index < -0.39 is 11.9 Å². The number of amides is 3. The number of ether oxygens (including phenoxy) is 2. The van der Waals surface area contributed by atoms with Gasteiger partial charge in [0.1, 0.15) is 12.3 Å². The number of halogens is 1. The summed E-state index contributed by atoms with van der Waals surface area (Å²) < 4.78 is 11.9. The normalized spacial score (nSPS) is 14.5. The Kier molecular flexibility index (Phi) is 6.57. The first-order valence-corrected chi connectivity index (χ1v) is 9.50. The van der Waals surface area contributed by atoms with Crippen LogP contribution < -0.4 is 20.1 Å². The zero-order valence-electron chi connectivity index (χ0n) is 16.0. The molecule has 3 rings (SSSR count). The summed E-state index contributed by atoms with van der Waals surface area (Å²) in [6, 6.07) is 10.6. The Bertz CT molecular complexity index is 985. The summed E-state index contributed by atoms with van der Waals surface area (Å²) in [6.07, 6.45) is 3.88. The number of allylic oxidation sites excluding steroid dienone is 1. The highest BCUT2D eigenvalue weighted by Crippen LogP contribution is 2.35. The summed E-state index contributed by atoms with van der Waals surface area (Å²) in [5.41, 5.74) is 2.57. The van der Waals surface area contributed by atoms with Crippen molar-refractivity contribution in [2.24, 2.45) is 0 Å². The Morgan fingerprint density at radius 1 is 1.10 bits per heavy atom. The van der Waals surface area contributed by atoms with Crippen LogP contribution in [0.4, 0.5) is 4.79 Å². The molecule has 0 radical (unpaired) electrons. The van der Waals surface area contributed by atoms with Crippen molar-refractivity contribution in [3.8, 4) is 11.5 Å². The standard InChI is InChI=1S/C22H21ClN2O4/c1-3-7-15-10-14(11-18-21(26)25-22(27)24-18)12-19(28-4-2)20(15)29-13-16-8-5-6-9-17(16)23/h3,5-6,8-12H,1,4,7,13H2,2H3,(H2,24,25,26,27)/b18-11+. The number of carbonyl (C=O) groups is 2. The van der Waals surface area contributed by atoms with E-state index in [4.69, 9.17) is 21.1 Å². The third-order valence-electron chi connectivity index (χ3n) is 4.18.